The molecule has 106 valence electrons. The van der Waals surface area contributed by atoms with E-state index in [0.29, 0.717) is 18.6 Å². The fourth-order valence-corrected chi connectivity index (χ4v) is 2.19. The van der Waals surface area contributed by atoms with Gasteiger partial charge in [-0.25, -0.2) is 4.68 Å². The molecule has 2 heterocycles. The van der Waals surface area contributed by atoms with Crippen molar-refractivity contribution in [1.29, 1.82) is 0 Å². The van der Waals surface area contributed by atoms with Gasteiger partial charge in [0.05, 0.1) is 32.1 Å². The molecule has 6 nitrogen and oxygen atoms in total. The molecule has 1 aromatic rings. The van der Waals surface area contributed by atoms with Gasteiger partial charge in [0.1, 0.15) is 0 Å². The Labute approximate surface area is 113 Å². The predicted molar refractivity (Wildman–Crippen MR) is 69.6 cm³/mol. The van der Waals surface area contributed by atoms with Crippen LogP contribution >= 0.6 is 0 Å². The maximum atomic E-state index is 5.65. The van der Waals surface area contributed by atoms with E-state index in [0.717, 1.165) is 45.0 Å². The molecule has 2 aliphatic rings. The van der Waals surface area contributed by atoms with Crippen molar-refractivity contribution in [2.75, 3.05) is 26.4 Å². The first-order valence-electron chi connectivity index (χ1n) is 7.18. The zero-order valence-corrected chi connectivity index (χ0v) is 11.3. The smallest absolute Gasteiger partial charge is 0.0964 e. The maximum Gasteiger partial charge on any atom is 0.0964 e. The third-order valence-corrected chi connectivity index (χ3v) is 3.58. The first-order valence-corrected chi connectivity index (χ1v) is 7.18. The van der Waals surface area contributed by atoms with E-state index in [-0.39, 0.29) is 0 Å². The van der Waals surface area contributed by atoms with Crippen molar-refractivity contribution >= 4 is 0 Å². The second-order valence-corrected chi connectivity index (χ2v) is 5.43. The van der Waals surface area contributed by atoms with Crippen molar-refractivity contribution in [1.82, 2.24) is 20.3 Å². The number of nitrogens with zero attached hydrogens (tertiary/aromatic N) is 3. The van der Waals surface area contributed by atoms with Crippen LogP contribution in [-0.2, 0) is 22.6 Å². The molecule has 0 spiro atoms. The zero-order chi connectivity index (χ0) is 12.9. The SMILES string of the molecule is c1c(CNC2CC2)nnn1CCOCC1CCOC1. The highest BCUT2D eigenvalue weighted by atomic mass is 16.5. The van der Waals surface area contributed by atoms with Crippen LogP contribution in [0.3, 0.4) is 0 Å². The van der Waals surface area contributed by atoms with Gasteiger partial charge in [0, 0.05) is 31.3 Å². The largest absolute Gasteiger partial charge is 0.381 e. The first-order chi connectivity index (χ1) is 9.40. The minimum absolute atomic E-state index is 0.578. The Balaban J connectivity index is 1.30. The fraction of sp³-hybridized carbons (Fsp3) is 0.846. The van der Waals surface area contributed by atoms with Crippen molar-refractivity contribution in [3.8, 4) is 0 Å². The normalized spacial score (nSPS) is 23.1. The second-order valence-electron chi connectivity index (χ2n) is 5.43. The van der Waals surface area contributed by atoms with Gasteiger partial charge in [-0.15, -0.1) is 5.10 Å². The van der Waals surface area contributed by atoms with Gasteiger partial charge in [-0.05, 0) is 19.3 Å². The minimum atomic E-state index is 0.578. The first kappa shape index (κ1) is 13.0. The van der Waals surface area contributed by atoms with Crippen LogP contribution in [0.5, 0.6) is 0 Å². The summed E-state index contributed by atoms with van der Waals surface area (Å²) in [4.78, 5) is 0. The summed E-state index contributed by atoms with van der Waals surface area (Å²) >= 11 is 0. The Morgan fingerprint density at radius 3 is 3.16 bits per heavy atom. The zero-order valence-electron chi connectivity index (χ0n) is 11.3. The summed E-state index contributed by atoms with van der Waals surface area (Å²) in [6.07, 6.45) is 5.72. The lowest BCUT2D eigenvalue weighted by molar-refractivity contribution is 0.0828. The van der Waals surface area contributed by atoms with Crippen LogP contribution in [0.15, 0.2) is 6.20 Å². The van der Waals surface area contributed by atoms with Crippen molar-refractivity contribution in [3.63, 3.8) is 0 Å². The number of aromatic nitrogens is 3. The summed E-state index contributed by atoms with van der Waals surface area (Å²) in [5.41, 5.74) is 1.01. The van der Waals surface area contributed by atoms with Gasteiger partial charge in [-0.1, -0.05) is 5.21 Å². The van der Waals surface area contributed by atoms with Gasteiger partial charge in [-0.2, -0.15) is 0 Å². The summed E-state index contributed by atoms with van der Waals surface area (Å²) < 4.78 is 12.8. The molecule has 1 N–H and O–H groups in total. The van der Waals surface area contributed by atoms with E-state index in [1.807, 2.05) is 10.9 Å². The molecule has 0 amide bonds. The van der Waals surface area contributed by atoms with E-state index >= 15 is 0 Å². The van der Waals surface area contributed by atoms with E-state index in [1.165, 1.54) is 12.8 Å². The molecule has 6 heteroatoms. The molecule has 1 aromatic heterocycles. The number of hydrogen-bond donors (Lipinski definition) is 1. The van der Waals surface area contributed by atoms with Crippen LogP contribution in [-0.4, -0.2) is 47.5 Å². The summed E-state index contributed by atoms with van der Waals surface area (Å²) in [6.45, 7) is 4.81. The highest BCUT2D eigenvalue weighted by Crippen LogP contribution is 2.18. The van der Waals surface area contributed by atoms with Gasteiger partial charge in [0.15, 0.2) is 0 Å². The Kier molecular flexibility index (Phi) is 4.42. The Bertz CT molecular complexity index is 386. The monoisotopic (exact) mass is 266 g/mol. The fourth-order valence-electron chi connectivity index (χ4n) is 2.19. The van der Waals surface area contributed by atoms with E-state index in [9.17, 15) is 0 Å². The predicted octanol–water partition coefficient (Wildman–Crippen LogP) is 0.583. The molecular formula is C13H22N4O2. The number of hydrogen-bond acceptors (Lipinski definition) is 5. The summed E-state index contributed by atoms with van der Waals surface area (Å²) in [6, 6.07) is 0.710. The van der Waals surface area contributed by atoms with Crippen LogP contribution < -0.4 is 5.32 Å². The molecular weight excluding hydrogens is 244 g/mol. The molecule has 1 atom stereocenters. The van der Waals surface area contributed by atoms with Crippen molar-refractivity contribution < 1.29 is 9.47 Å². The van der Waals surface area contributed by atoms with Crippen molar-refractivity contribution in [2.24, 2.45) is 5.92 Å². The van der Waals surface area contributed by atoms with Gasteiger partial charge in [-0.3, -0.25) is 0 Å². The van der Waals surface area contributed by atoms with Crippen LogP contribution in [0, 0.1) is 5.92 Å². The van der Waals surface area contributed by atoms with Crippen molar-refractivity contribution in [2.45, 2.75) is 38.4 Å². The second kappa shape index (κ2) is 6.45. The molecule has 1 aliphatic carbocycles. The molecule has 2 fully saturated rings. The van der Waals surface area contributed by atoms with Gasteiger partial charge < -0.3 is 14.8 Å². The van der Waals surface area contributed by atoms with E-state index in [4.69, 9.17) is 9.47 Å². The lowest BCUT2D eigenvalue weighted by Crippen LogP contribution is -2.15. The molecule has 3 rings (SSSR count). The molecule has 0 aromatic carbocycles. The van der Waals surface area contributed by atoms with Gasteiger partial charge in [0.25, 0.3) is 0 Å². The average molecular weight is 266 g/mol. The summed E-state index contributed by atoms with van der Waals surface area (Å²) in [5, 5.41) is 11.7. The average Bonchev–Trinajstić information content (AvgIpc) is 2.91. The summed E-state index contributed by atoms with van der Waals surface area (Å²) in [5.74, 6) is 0.578. The van der Waals surface area contributed by atoms with Gasteiger partial charge >= 0.3 is 0 Å². The molecule has 1 unspecified atom stereocenters. The Morgan fingerprint density at radius 2 is 2.37 bits per heavy atom. The van der Waals surface area contributed by atoms with E-state index in [1.54, 1.807) is 0 Å². The summed E-state index contributed by atoms with van der Waals surface area (Å²) in [7, 11) is 0. The lowest BCUT2D eigenvalue weighted by atomic mass is 10.1. The third-order valence-electron chi connectivity index (χ3n) is 3.58. The molecule has 0 radical (unpaired) electrons. The lowest BCUT2D eigenvalue weighted by Gasteiger charge is -2.08. The standard InChI is InChI=1S/C13H22N4O2/c1-2-12(1)14-7-13-8-17(16-15-13)4-6-19-10-11-3-5-18-9-11/h8,11-12,14H,1-7,9-10H2. The molecule has 19 heavy (non-hydrogen) atoms. The van der Waals surface area contributed by atoms with Crippen LogP contribution in [0.2, 0.25) is 0 Å². The van der Waals surface area contributed by atoms with E-state index < -0.39 is 0 Å². The molecule has 1 saturated heterocycles. The topological polar surface area (TPSA) is 61.2 Å². The number of nitrogens with one attached hydrogen (secondary N) is 1. The van der Waals surface area contributed by atoms with Crippen LogP contribution in [0.25, 0.3) is 0 Å². The highest BCUT2D eigenvalue weighted by Gasteiger charge is 2.20. The van der Waals surface area contributed by atoms with Gasteiger partial charge in [0.2, 0.25) is 0 Å². The van der Waals surface area contributed by atoms with E-state index in [2.05, 4.69) is 15.6 Å². The Morgan fingerprint density at radius 1 is 1.42 bits per heavy atom. The highest BCUT2D eigenvalue weighted by molar-refractivity contribution is 4.94. The third kappa shape index (κ3) is 4.26. The minimum Gasteiger partial charge on any atom is -0.381 e. The maximum absolute atomic E-state index is 5.65. The Hall–Kier alpha value is -0.980. The number of ether oxygens (including phenoxy) is 2. The van der Waals surface area contributed by atoms with Crippen molar-refractivity contribution in [3.05, 3.63) is 11.9 Å². The molecule has 1 aliphatic heterocycles. The molecule has 0 bridgehead atoms. The number of rotatable bonds is 8. The molecule has 1 saturated carbocycles. The quantitative estimate of drug-likeness (QED) is 0.698. The van der Waals surface area contributed by atoms with Crippen LogP contribution in [0.1, 0.15) is 25.0 Å². The van der Waals surface area contributed by atoms with Crippen LogP contribution in [0.4, 0.5) is 0 Å².